The Balaban J connectivity index is 1.15. The summed E-state index contributed by atoms with van der Waals surface area (Å²) >= 11 is 0. The van der Waals surface area contributed by atoms with Gasteiger partial charge in [-0.25, -0.2) is 22.6 Å². The molecule has 10 heteroatoms. The second-order valence-corrected chi connectivity index (χ2v) is 14.1. The minimum Gasteiger partial charge on any atom is -0.379 e. The van der Waals surface area contributed by atoms with Crippen LogP contribution in [-0.4, -0.2) is 65.8 Å². The van der Waals surface area contributed by atoms with Gasteiger partial charge in [-0.2, -0.15) is 0 Å². The summed E-state index contributed by atoms with van der Waals surface area (Å²) < 4.78 is 35.9. The maximum Gasteiger partial charge on any atom is 0.245 e. The van der Waals surface area contributed by atoms with Gasteiger partial charge in [-0.1, -0.05) is 24.3 Å². The summed E-state index contributed by atoms with van der Waals surface area (Å²) in [4.78, 5) is 7.34. The summed E-state index contributed by atoms with van der Waals surface area (Å²) in [5.74, 6) is 1.07. The van der Waals surface area contributed by atoms with Crippen molar-refractivity contribution in [2.75, 3.05) is 31.6 Å². The van der Waals surface area contributed by atoms with Crippen LogP contribution in [0.5, 0.6) is 0 Å². The van der Waals surface area contributed by atoms with Gasteiger partial charge in [0.15, 0.2) is 0 Å². The first-order chi connectivity index (χ1) is 20.1. The average molecular weight is 589 g/mol. The molecule has 42 heavy (non-hydrogen) atoms. The van der Waals surface area contributed by atoms with Gasteiger partial charge in [0, 0.05) is 35.9 Å². The van der Waals surface area contributed by atoms with E-state index < -0.39 is 15.6 Å². The molecule has 0 unspecified atom stereocenters. The molecule has 1 aliphatic carbocycles. The van der Waals surface area contributed by atoms with Crippen molar-refractivity contribution in [3.8, 4) is 11.3 Å². The molecule has 1 aliphatic heterocycles. The molecule has 2 fully saturated rings. The molecule has 3 heterocycles. The highest BCUT2D eigenvalue weighted by Gasteiger charge is 2.27. The first-order valence-corrected chi connectivity index (χ1v) is 16.3. The lowest BCUT2D eigenvalue weighted by Crippen LogP contribution is -2.44. The van der Waals surface area contributed by atoms with Crippen molar-refractivity contribution < 1.29 is 13.2 Å². The summed E-state index contributed by atoms with van der Waals surface area (Å²) in [7, 11) is -3.66. The second kappa shape index (κ2) is 11.8. The van der Waals surface area contributed by atoms with Crippen LogP contribution in [0.1, 0.15) is 57.9 Å². The molecule has 2 aliphatic rings. The van der Waals surface area contributed by atoms with E-state index in [4.69, 9.17) is 9.84 Å². The number of benzene rings is 2. The minimum absolute atomic E-state index is 0.215. The second-order valence-electron chi connectivity index (χ2n) is 12.4. The maximum absolute atomic E-state index is 12.9. The number of nitrogens with one attached hydrogen (secondary N) is 2. The molecular formula is C32H40N6O3S. The first-order valence-electron chi connectivity index (χ1n) is 14.8. The monoisotopic (exact) mass is 588 g/mol. The Kier molecular flexibility index (Phi) is 8.06. The Labute approximate surface area is 248 Å². The lowest BCUT2D eigenvalue weighted by Gasteiger charge is -2.38. The molecule has 4 aromatic rings. The van der Waals surface area contributed by atoms with Crippen molar-refractivity contribution in [2.24, 2.45) is 0 Å². The molecule has 0 radical (unpaired) electrons. The van der Waals surface area contributed by atoms with Gasteiger partial charge in [0.05, 0.1) is 35.5 Å². The third-order valence-electron chi connectivity index (χ3n) is 8.18. The van der Waals surface area contributed by atoms with Crippen LogP contribution >= 0.6 is 0 Å². The van der Waals surface area contributed by atoms with Crippen LogP contribution in [0.3, 0.4) is 0 Å². The van der Waals surface area contributed by atoms with Crippen LogP contribution in [-0.2, 0) is 14.8 Å². The largest absolute Gasteiger partial charge is 0.379 e. The lowest BCUT2D eigenvalue weighted by molar-refractivity contribution is 0.00730. The highest BCUT2D eigenvalue weighted by atomic mass is 32.2. The van der Waals surface area contributed by atoms with Crippen LogP contribution < -0.4 is 10.0 Å². The Morgan fingerprint density at radius 3 is 2.38 bits per heavy atom. The van der Waals surface area contributed by atoms with Gasteiger partial charge in [-0.15, -0.1) is 5.10 Å². The number of nitrogens with zero attached hydrogens (tertiary/aromatic N) is 4. The van der Waals surface area contributed by atoms with Gasteiger partial charge in [0.2, 0.25) is 16.0 Å². The third kappa shape index (κ3) is 6.52. The quantitative estimate of drug-likeness (QED) is 0.291. The molecule has 2 aromatic carbocycles. The Bertz CT molecular complexity index is 1630. The molecule has 6 rings (SSSR count). The molecular weight excluding hydrogens is 548 g/mol. The smallest absolute Gasteiger partial charge is 0.245 e. The van der Waals surface area contributed by atoms with Crippen molar-refractivity contribution >= 4 is 27.2 Å². The molecule has 2 N–H and O–H groups in total. The van der Waals surface area contributed by atoms with Gasteiger partial charge in [-0.05, 0) is 94.3 Å². The normalized spacial score (nSPS) is 20.5. The van der Waals surface area contributed by atoms with E-state index in [-0.39, 0.29) is 4.90 Å². The van der Waals surface area contributed by atoms with Crippen molar-refractivity contribution in [2.45, 2.75) is 68.8 Å². The number of hydrogen-bond donors (Lipinski definition) is 2. The number of ether oxygens (including phenoxy) is 1. The number of anilines is 2. The van der Waals surface area contributed by atoms with E-state index in [0.717, 1.165) is 48.8 Å². The van der Waals surface area contributed by atoms with E-state index >= 15 is 0 Å². The number of sulfonamides is 1. The number of fused-ring (bicyclic) bond motifs is 1. The molecule has 1 saturated carbocycles. The van der Waals surface area contributed by atoms with E-state index in [1.165, 1.54) is 31.2 Å². The molecule has 1 saturated heterocycles. The van der Waals surface area contributed by atoms with Gasteiger partial charge in [0.1, 0.15) is 0 Å². The zero-order chi connectivity index (χ0) is 29.3. The molecule has 0 bridgehead atoms. The molecule has 9 nitrogen and oxygen atoms in total. The summed E-state index contributed by atoms with van der Waals surface area (Å²) in [6, 6.07) is 20.1. The summed E-state index contributed by atoms with van der Waals surface area (Å²) in [5, 5.41) is 8.08. The van der Waals surface area contributed by atoms with Crippen LogP contribution in [0.4, 0.5) is 11.6 Å². The van der Waals surface area contributed by atoms with Crippen LogP contribution in [0.25, 0.3) is 16.8 Å². The standard InChI is InChI=1S/C32H40N6O3S/c1-32(2,3)36-42(39,40)29-6-4-5-25(21-29)30-16-15-28-22-33-31(35-38(28)30)34-26-11-7-23(8-12-26)24-9-13-27(14-10-24)37-17-19-41-20-18-37/h4-8,11-12,15-16,21-22,24,27,36H,9-10,13-14,17-20H2,1-3H3,(H,34,35). The van der Waals surface area contributed by atoms with E-state index in [2.05, 4.69) is 44.2 Å². The van der Waals surface area contributed by atoms with E-state index in [0.29, 0.717) is 17.9 Å². The van der Waals surface area contributed by atoms with Gasteiger partial charge in [-0.3, -0.25) is 4.90 Å². The fraction of sp³-hybridized carbons (Fsp3) is 0.438. The van der Waals surface area contributed by atoms with Crippen molar-refractivity contribution in [1.29, 1.82) is 0 Å². The zero-order valence-electron chi connectivity index (χ0n) is 24.6. The lowest BCUT2D eigenvalue weighted by atomic mass is 9.81. The maximum atomic E-state index is 12.9. The summed E-state index contributed by atoms with van der Waals surface area (Å²) in [6.07, 6.45) is 6.71. The van der Waals surface area contributed by atoms with Gasteiger partial charge >= 0.3 is 0 Å². The van der Waals surface area contributed by atoms with Crippen molar-refractivity contribution in [3.05, 3.63) is 72.4 Å². The van der Waals surface area contributed by atoms with E-state index in [1.807, 2.05) is 39.0 Å². The van der Waals surface area contributed by atoms with Gasteiger partial charge in [0.25, 0.3) is 0 Å². The molecule has 0 amide bonds. The number of aromatic nitrogens is 3. The SMILES string of the molecule is CC(C)(C)NS(=O)(=O)c1cccc(-c2ccc3cnc(Nc4ccc(C5CCC(N6CCOCC6)CC5)cc4)nn23)c1. The van der Waals surface area contributed by atoms with Crippen molar-refractivity contribution in [1.82, 2.24) is 24.2 Å². The fourth-order valence-corrected chi connectivity index (χ4v) is 7.61. The molecule has 222 valence electrons. The topological polar surface area (TPSA) is 101 Å². The molecule has 0 spiro atoms. The van der Waals surface area contributed by atoms with Gasteiger partial charge < -0.3 is 10.1 Å². The van der Waals surface area contributed by atoms with Crippen LogP contribution in [0.2, 0.25) is 0 Å². The van der Waals surface area contributed by atoms with E-state index in [1.54, 1.807) is 28.9 Å². The highest BCUT2D eigenvalue weighted by molar-refractivity contribution is 7.89. The number of rotatable bonds is 7. The average Bonchev–Trinajstić information content (AvgIpc) is 3.40. The fourth-order valence-electron chi connectivity index (χ4n) is 6.15. The molecule has 0 atom stereocenters. The third-order valence-corrected chi connectivity index (χ3v) is 9.93. The number of hydrogen-bond acceptors (Lipinski definition) is 7. The highest BCUT2D eigenvalue weighted by Crippen LogP contribution is 2.35. The van der Waals surface area contributed by atoms with Crippen molar-refractivity contribution in [3.63, 3.8) is 0 Å². The first kappa shape index (κ1) is 28.8. The Morgan fingerprint density at radius 1 is 0.929 bits per heavy atom. The zero-order valence-corrected chi connectivity index (χ0v) is 25.4. The summed E-state index contributed by atoms with van der Waals surface area (Å²) in [6.45, 7) is 9.34. The minimum atomic E-state index is -3.66. The Morgan fingerprint density at radius 2 is 1.67 bits per heavy atom. The van der Waals surface area contributed by atoms with Crippen LogP contribution in [0.15, 0.2) is 71.8 Å². The van der Waals surface area contributed by atoms with Crippen LogP contribution in [0, 0.1) is 0 Å². The van der Waals surface area contributed by atoms with E-state index in [9.17, 15) is 8.42 Å². The molecule has 2 aromatic heterocycles. The Hall–Kier alpha value is -3.31. The summed E-state index contributed by atoms with van der Waals surface area (Å²) in [5.41, 5.74) is 4.09. The predicted molar refractivity (Wildman–Crippen MR) is 166 cm³/mol. The predicted octanol–water partition coefficient (Wildman–Crippen LogP) is 5.58. The number of morpholine rings is 1.